The Hall–Kier alpha value is -4.92. The van der Waals surface area contributed by atoms with Gasteiger partial charge in [-0.05, 0) is 60.0 Å². The number of hydrogen-bond acceptors (Lipinski definition) is 5. The molecule has 0 saturated heterocycles. The summed E-state index contributed by atoms with van der Waals surface area (Å²) in [5.74, 6) is -0.634. The SMILES string of the molecule is O=C(Nc1cccc(SCC(=O)n2c3ccccc3c3ccccc32)c1)/C(=C\c1cccs1)NC(=O)c1ccccc1. The van der Waals surface area contributed by atoms with Crippen molar-refractivity contribution >= 4 is 74.4 Å². The zero-order valence-corrected chi connectivity index (χ0v) is 24.0. The van der Waals surface area contributed by atoms with Crippen molar-refractivity contribution in [3.05, 3.63) is 137 Å². The lowest BCUT2D eigenvalue weighted by Gasteiger charge is -2.12. The molecule has 0 radical (unpaired) electrons. The van der Waals surface area contributed by atoms with Crippen LogP contribution in [0.5, 0.6) is 0 Å². The molecule has 2 amide bonds. The maximum absolute atomic E-state index is 13.5. The number of amides is 2. The molecule has 0 fully saturated rings. The summed E-state index contributed by atoms with van der Waals surface area (Å²) in [7, 11) is 0. The number of rotatable bonds is 8. The average Bonchev–Trinajstić information content (AvgIpc) is 3.66. The highest BCUT2D eigenvalue weighted by Crippen LogP contribution is 2.30. The first-order valence-electron chi connectivity index (χ1n) is 13.2. The first-order chi connectivity index (χ1) is 20.6. The van der Waals surface area contributed by atoms with Gasteiger partial charge in [-0.3, -0.25) is 19.0 Å². The smallest absolute Gasteiger partial charge is 0.272 e. The molecule has 0 saturated carbocycles. The van der Waals surface area contributed by atoms with E-state index in [1.54, 1.807) is 41.0 Å². The largest absolute Gasteiger partial charge is 0.321 e. The first kappa shape index (κ1) is 27.3. The number of thioether (sulfide) groups is 1. The molecule has 2 aromatic heterocycles. The fraction of sp³-hybridized carbons (Fsp3) is 0.0294. The number of para-hydroxylation sites is 2. The Morgan fingerprint density at radius 3 is 2.14 bits per heavy atom. The van der Waals surface area contributed by atoms with Crippen LogP contribution in [0.2, 0.25) is 0 Å². The normalized spacial score (nSPS) is 11.5. The molecule has 6 rings (SSSR count). The quantitative estimate of drug-likeness (QED) is 0.141. The number of benzene rings is 4. The molecule has 0 spiro atoms. The predicted octanol–water partition coefficient (Wildman–Crippen LogP) is 7.70. The standard InChI is InChI=1S/C34H25N3O3S2/c38-32(37-30-17-6-4-15-27(30)28-16-5-7-18-31(28)37)22-42-25-13-8-12-24(20-25)35-34(40)29(21-26-14-9-19-41-26)36-33(39)23-10-2-1-3-11-23/h1-21H,22H2,(H,35,40)(H,36,39)/b29-21+. The van der Waals surface area contributed by atoms with Crippen LogP contribution in [0.15, 0.2) is 131 Å². The third-order valence-corrected chi connectivity index (χ3v) is 8.44. The first-order valence-corrected chi connectivity index (χ1v) is 15.1. The van der Waals surface area contributed by atoms with E-state index in [9.17, 15) is 14.4 Å². The van der Waals surface area contributed by atoms with Gasteiger partial charge in [0.1, 0.15) is 5.70 Å². The van der Waals surface area contributed by atoms with Gasteiger partial charge in [-0.1, -0.05) is 66.7 Å². The fourth-order valence-electron chi connectivity index (χ4n) is 4.72. The van der Waals surface area contributed by atoms with Crippen LogP contribution in [0.4, 0.5) is 5.69 Å². The van der Waals surface area contributed by atoms with Crippen LogP contribution >= 0.6 is 23.1 Å². The third-order valence-electron chi connectivity index (χ3n) is 6.64. The fourth-order valence-corrected chi connectivity index (χ4v) is 6.18. The predicted molar refractivity (Wildman–Crippen MR) is 172 cm³/mol. The second-order valence-corrected chi connectivity index (χ2v) is 11.5. The highest BCUT2D eigenvalue weighted by Gasteiger charge is 2.17. The summed E-state index contributed by atoms with van der Waals surface area (Å²) >= 11 is 2.87. The number of anilines is 1. The summed E-state index contributed by atoms with van der Waals surface area (Å²) in [5, 5.41) is 9.64. The number of hydrogen-bond donors (Lipinski definition) is 2. The monoisotopic (exact) mass is 587 g/mol. The number of nitrogens with one attached hydrogen (secondary N) is 2. The molecule has 0 atom stereocenters. The molecule has 0 aliphatic carbocycles. The molecule has 0 aliphatic heterocycles. The van der Waals surface area contributed by atoms with Gasteiger partial charge in [0.25, 0.3) is 11.8 Å². The third kappa shape index (κ3) is 5.90. The lowest BCUT2D eigenvalue weighted by atomic mass is 10.2. The van der Waals surface area contributed by atoms with Gasteiger partial charge >= 0.3 is 0 Å². The Kier molecular flexibility index (Phi) is 7.98. The summed E-state index contributed by atoms with van der Waals surface area (Å²) < 4.78 is 1.78. The van der Waals surface area contributed by atoms with Crippen molar-refractivity contribution in [1.29, 1.82) is 0 Å². The number of carbonyl (C=O) groups excluding carboxylic acids is 3. The van der Waals surface area contributed by atoms with E-state index in [-0.39, 0.29) is 23.3 Å². The molecule has 0 unspecified atom stereocenters. The maximum atomic E-state index is 13.5. The van der Waals surface area contributed by atoms with E-state index in [1.165, 1.54) is 23.1 Å². The number of fused-ring (bicyclic) bond motifs is 3. The van der Waals surface area contributed by atoms with Crippen LogP contribution in [0.3, 0.4) is 0 Å². The summed E-state index contributed by atoms with van der Waals surface area (Å²) in [4.78, 5) is 41.3. The molecule has 8 heteroatoms. The lowest BCUT2D eigenvalue weighted by molar-refractivity contribution is -0.113. The van der Waals surface area contributed by atoms with Gasteiger partial charge in [0.05, 0.1) is 16.8 Å². The number of carbonyl (C=O) groups is 3. The minimum Gasteiger partial charge on any atom is -0.321 e. The van der Waals surface area contributed by atoms with Crippen molar-refractivity contribution in [3.63, 3.8) is 0 Å². The molecule has 4 aromatic carbocycles. The van der Waals surface area contributed by atoms with Crippen LogP contribution < -0.4 is 10.6 Å². The van der Waals surface area contributed by atoms with Crippen molar-refractivity contribution < 1.29 is 14.4 Å². The molecule has 2 N–H and O–H groups in total. The Morgan fingerprint density at radius 1 is 0.762 bits per heavy atom. The van der Waals surface area contributed by atoms with E-state index in [0.29, 0.717) is 11.3 Å². The zero-order chi connectivity index (χ0) is 28.9. The van der Waals surface area contributed by atoms with Crippen LogP contribution in [0, 0.1) is 0 Å². The van der Waals surface area contributed by atoms with Crippen LogP contribution in [0.1, 0.15) is 20.0 Å². The Labute approximate surface area is 250 Å². The van der Waals surface area contributed by atoms with Crippen LogP contribution in [0.25, 0.3) is 27.9 Å². The summed E-state index contributed by atoms with van der Waals surface area (Å²) in [6, 6.07) is 35.7. The second kappa shape index (κ2) is 12.3. The van der Waals surface area contributed by atoms with Gasteiger partial charge < -0.3 is 10.6 Å². The molecule has 0 bridgehead atoms. The van der Waals surface area contributed by atoms with Gasteiger partial charge in [-0.25, -0.2) is 0 Å². The van der Waals surface area contributed by atoms with E-state index in [4.69, 9.17) is 0 Å². The van der Waals surface area contributed by atoms with Crippen LogP contribution in [-0.2, 0) is 4.79 Å². The van der Waals surface area contributed by atoms with Gasteiger partial charge in [-0.2, -0.15) is 0 Å². The van der Waals surface area contributed by atoms with Crippen molar-refractivity contribution in [2.45, 2.75) is 4.90 Å². The van der Waals surface area contributed by atoms with Gasteiger partial charge in [0.15, 0.2) is 0 Å². The maximum Gasteiger partial charge on any atom is 0.272 e. The Morgan fingerprint density at radius 2 is 1.45 bits per heavy atom. The van der Waals surface area contributed by atoms with E-state index in [1.807, 2.05) is 90.3 Å². The number of aromatic nitrogens is 1. The van der Waals surface area contributed by atoms with Gasteiger partial charge in [0.2, 0.25) is 5.91 Å². The van der Waals surface area contributed by atoms with E-state index >= 15 is 0 Å². The summed E-state index contributed by atoms with van der Waals surface area (Å²) in [5.41, 5.74) is 2.90. The highest BCUT2D eigenvalue weighted by molar-refractivity contribution is 8.00. The van der Waals surface area contributed by atoms with Crippen molar-refractivity contribution in [2.24, 2.45) is 0 Å². The average molecular weight is 588 g/mol. The van der Waals surface area contributed by atoms with E-state index < -0.39 is 5.91 Å². The van der Waals surface area contributed by atoms with Gasteiger partial charge in [0, 0.05) is 31.8 Å². The number of nitrogens with zero attached hydrogens (tertiary/aromatic N) is 1. The minimum absolute atomic E-state index is 0.0309. The minimum atomic E-state index is -0.448. The van der Waals surface area contributed by atoms with E-state index in [0.717, 1.165) is 31.6 Å². The molecular formula is C34H25N3O3S2. The molecule has 206 valence electrons. The number of thiophene rings is 1. The summed E-state index contributed by atoms with van der Waals surface area (Å²) in [6.07, 6.45) is 1.66. The van der Waals surface area contributed by atoms with Crippen molar-refractivity contribution in [3.8, 4) is 0 Å². The Balaban J connectivity index is 1.18. The molecule has 6 nitrogen and oxygen atoms in total. The van der Waals surface area contributed by atoms with E-state index in [2.05, 4.69) is 10.6 Å². The second-order valence-electron chi connectivity index (χ2n) is 9.43. The summed E-state index contributed by atoms with van der Waals surface area (Å²) in [6.45, 7) is 0. The zero-order valence-electron chi connectivity index (χ0n) is 22.3. The molecule has 2 heterocycles. The van der Waals surface area contributed by atoms with Crippen molar-refractivity contribution in [1.82, 2.24) is 9.88 Å². The van der Waals surface area contributed by atoms with Crippen molar-refractivity contribution in [2.75, 3.05) is 11.1 Å². The van der Waals surface area contributed by atoms with Crippen LogP contribution in [-0.4, -0.2) is 28.0 Å². The van der Waals surface area contributed by atoms with Gasteiger partial charge in [-0.15, -0.1) is 23.1 Å². The highest BCUT2D eigenvalue weighted by atomic mass is 32.2. The topological polar surface area (TPSA) is 80.2 Å². The molecule has 0 aliphatic rings. The molecular weight excluding hydrogens is 563 g/mol. The Bertz CT molecular complexity index is 1890. The molecule has 42 heavy (non-hydrogen) atoms. The molecule has 6 aromatic rings. The lowest BCUT2D eigenvalue weighted by Crippen LogP contribution is -2.30.